The highest BCUT2D eigenvalue weighted by Gasteiger charge is 2.44. The third-order valence-corrected chi connectivity index (χ3v) is 4.77. The summed E-state index contributed by atoms with van der Waals surface area (Å²) in [6.45, 7) is 3.34. The van der Waals surface area contributed by atoms with E-state index in [1.165, 1.54) is 12.1 Å². The number of hydrogen-bond donors (Lipinski definition) is 1. The predicted octanol–water partition coefficient (Wildman–Crippen LogP) is 3.87. The molecule has 0 bridgehead atoms. The van der Waals surface area contributed by atoms with Gasteiger partial charge in [-0.05, 0) is 59.5 Å². The van der Waals surface area contributed by atoms with E-state index < -0.39 is 0 Å². The SMILES string of the molecule is CCn1cc(Br)cc1C(=O)NCC1(c2ccc(F)cc2)CC1. The second-order valence-corrected chi connectivity index (χ2v) is 6.72. The summed E-state index contributed by atoms with van der Waals surface area (Å²) in [5.74, 6) is -0.296. The van der Waals surface area contributed by atoms with Gasteiger partial charge >= 0.3 is 0 Å². The van der Waals surface area contributed by atoms with Gasteiger partial charge in [-0.2, -0.15) is 0 Å². The molecule has 1 aliphatic rings. The maximum absolute atomic E-state index is 13.0. The molecule has 1 N–H and O–H groups in total. The van der Waals surface area contributed by atoms with Crippen molar-refractivity contribution in [2.75, 3.05) is 6.54 Å². The summed E-state index contributed by atoms with van der Waals surface area (Å²) in [6.07, 6.45) is 3.95. The Bertz CT molecular complexity index is 689. The lowest BCUT2D eigenvalue weighted by atomic mass is 9.96. The summed E-state index contributed by atoms with van der Waals surface area (Å²) in [6, 6.07) is 8.43. The number of aryl methyl sites for hydroxylation is 1. The fourth-order valence-corrected chi connectivity index (χ4v) is 3.25. The number of rotatable bonds is 5. The van der Waals surface area contributed by atoms with Crippen molar-refractivity contribution in [1.82, 2.24) is 9.88 Å². The van der Waals surface area contributed by atoms with Crippen molar-refractivity contribution in [3.05, 3.63) is 58.1 Å². The lowest BCUT2D eigenvalue weighted by Gasteiger charge is -2.17. The van der Waals surface area contributed by atoms with Crippen molar-refractivity contribution in [2.45, 2.75) is 31.7 Å². The number of aromatic nitrogens is 1. The van der Waals surface area contributed by atoms with Crippen molar-refractivity contribution < 1.29 is 9.18 Å². The fourth-order valence-electron chi connectivity index (χ4n) is 2.79. The van der Waals surface area contributed by atoms with Crippen molar-refractivity contribution in [3.63, 3.8) is 0 Å². The number of hydrogen-bond acceptors (Lipinski definition) is 1. The molecule has 2 aromatic rings. The van der Waals surface area contributed by atoms with Crippen LogP contribution in [0.3, 0.4) is 0 Å². The average molecular weight is 365 g/mol. The van der Waals surface area contributed by atoms with Gasteiger partial charge in [-0.15, -0.1) is 0 Å². The highest BCUT2D eigenvalue weighted by molar-refractivity contribution is 9.10. The van der Waals surface area contributed by atoms with Gasteiger partial charge in [0.05, 0.1) is 0 Å². The number of carbonyl (C=O) groups is 1. The summed E-state index contributed by atoms with van der Waals surface area (Å²) in [4.78, 5) is 12.4. The Kier molecular flexibility index (Phi) is 4.08. The zero-order chi connectivity index (χ0) is 15.7. The van der Waals surface area contributed by atoms with E-state index >= 15 is 0 Å². The van der Waals surface area contributed by atoms with Gasteiger partial charge in [0.25, 0.3) is 5.91 Å². The second-order valence-electron chi connectivity index (χ2n) is 5.80. The van der Waals surface area contributed by atoms with Crippen LogP contribution in [0.25, 0.3) is 0 Å². The summed E-state index contributed by atoms with van der Waals surface area (Å²) in [5.41, 5.74) is 1.73. The normalized spacial score (nSPS) is 15.6. The molecule has 116 valence electrons. The van der Waals surface area contributed by atoms with Crippen LogP contribution in [0.4, 0.5) is 4.39 Å². The van der Waals surface area contributed by atoms with E-state index in [1.54, 1.807) is 0 Å². The molecule has 0 spiro atoms. The van der Waals surface area contributed by atoms with E-state index in [0.29, 0.717) is 12.2 Å². The number of nitrogens with one attached hydrogen (secondary N) is 1. The van der Waals surface area contributed by atoms with E-state index in [9.17, 15) is 9.18 Å². The monoisotopic (exact) mass is 364 g/mol. The van der Waals surface area contributed by atoms with Crippen LogP contribution in [0.2, 0.25) is 0 Å². The quantitative estimate of drug-likeness (QED) is 0.858. The van der Waals surface area contributed by atoms with Crippen molar-refractivity contribution in [3.8, 4) is 0 Å². The number of halogens is 2. The molecule has 1 aliphatic carbocycles. The molecule has 1 aromatic heterocycles. The molecule has 1 saturated carbocycles. The van der Waals surface area contributed by atoms with Crippen LogP contribution in [0.15, 0.2) is 41.0 Å². The van der Waals surface area contributed by atoms with Gasteiger partial charge in [0.15, 0.2) is 0 Å². The number of nitrogens with zero attached hydrogens (tertiary/aromatic N) is 1. The molecule has 0 saturated heterocycles. The summed E-state index contributed by atoms with van der Waals surface area (Å²) in [5, 5.41) is 3.03. The molecule has 1 heterocycles. The van der Waals surface area contributed by atoms with Gasteiger partial charge in [-0.3, -0.25) is 4.79 Å². The Morgan fingerprint density at radius 3 is 2.64 bits per heavy atom. The smallest absolute Gasteiger partial charge is 0.267 e. The second kappa shape index (κ2) is 5.88. The summed E-state index contributed by atoms with van der Waals surface area (Å²) < 4.78 is 15.9. The van der Waals surface area contributed by atoms with Gasteiger partial charge in [0, 0.05) is 29.2 Å². The van der Waals surface area contributed by atoms with E-state index in [4.69, 9.17) is 0 Å². The van der Waals surface area contributed by atoms with Crippen molar-refractivity contribution in [2.24, 2.45) is 0 Å². The standard InChI is InChI=1S/C17H18BrFN2O/c1-2-21-10-13(18)9-15(21)16(22)20-11-17(7-8-17)12-3-5-14(19)6-4-12/h3-6,9-10H,2,7-8,11H2,1H3,(H,20,22). The third-order valence-electron chi connectivity index (χ3n) is 4.33. The zero-order valence-electron chi connectivity index (χ0n) is 12.4. The topological polar surface area (TPSA) is 34.0 Å². The number of amides is 1. The molecule has 0 unspecified atom stereocenters. The molecule has 1 aromatic carbocycles. The minimum atomic E-state index is -0.228. The average Bonchev–Trinajstić information content (AvgIpc) is 3.21. The van der Waals surface area contributed by atoms with E-state index in [-0.39, 0.29) is 17.1 Å². The summed E-state index contributed by atoms with van der Waals surface area (Å²) in [7, 11) is 0. The molecule has 22 heavy (non-hydrogen) atoms. The fraction of sp³-hybridized carbons (Fsp3) is 0.353. The molecule has 0 aliphatic heterocycles. The molecular weight excluding hydrogens is 347 g/mol. The van der Waals surface area contributed by atoms with Gasteiger partial charge in [0.1, 0.15) is 11.5 Å². The molecule has 5 heteroatoms. The van der Waals surface area contributed by atoms with Crippen molar-refractivity contribution >= 4 is 21.8 Å². The van der Waals surface area contributed by atoms with Crippen LogP contribution >= 0.6 is 15.9 Å². The maximum atomic E-state index is 13.0. The van der Waals surface area contributed by atoms with Gasteiger partial charge in [-0.1, -0.05) is 12.1 Å². The molecule has 0 radical (unpaired) electrons. The minimum absolute atomic E-state index is 0.0236. The van der Waals surface area contributed by atoms with Crippen LogP contribution in [0.5, 0.6) is 0 Å². The van der Waals surface area contributed by atoms with Crippen LogP contribution < -0.4 is 5.32 Å². The zero-order valence-corrected chi connectivity index (χ0v) is 14.0. The largest absolute Gasteiger partial charge is 0.350 e. The van der Waals surface area contributed by atoms with Crippen LogP contribution in [0.1, 0.15) is 35.8 Å². The van der Waals surface area contributed by atoms with Gasteiger partial charge in [0.2, 0.25) is 0 Å². The van der Waals surface area contributed by atoms with Crippen molar-refractivity contribution in [1.29, 1.82) is 0 Å². The van der Waals surface area contributed by atoms with Gasteiger partial charge < -0.3 is 9.88 Å². The number of carbonyl (C=O) groups excluding carboxylic acids is 1. The molecule has 0 atom stereocenters. The van der Waals surface area contributed by atoms with Crippen LogP contribution in [-0.4, -0.2) is 17.0 Å². The first-order valence-electron chi connectivity index (χ1n) is 7.44. The molecule has 3 rings (SSSR count). The Morgan fingerprint density at radius 1 is 1.36 bits per heavy atom. The summed E-state index contributed by atoms with van der Waals surface area (Å²) >= 11 is 3.40. The molecule has 3 nitrogen and oxygen atoms in total. The predicted molar refractivity (Wildman–Crippen MR) is 87.5 cm³/mol. The molecule has 1 fully saturated rings. The molecule has 1 amide bonds. The van der Waals surface area contributed by atoms with E-state index in [1.807, 2.05) is 35.9 Å². The van der Waals surface area contributed by atoms with E-state index in [2.05, 4.69) is 21.2 Å². The highest BCUT2D eigenvalue weighted by Crippen LogP contribution is 2.47. The Balaban J connectivity index is 1.69. The maximum Gasteiger partial charge on any atom is 0.267 e. The Hall–Kier alpha value is -1.62. The van der Waals surface area contributed by atoms with E-state index in [0.717, 1.165) is 29.4 Å². The first kappa shape index (κ1) is 15.3. The Morgan fingerprint density at radius 2 is 2.05 bits per heavy atom. The first-order chi connectivity index (χ1) is 10.5. The Labute approximate surface area is 137 Å². The number of benzene rings is 1. The molecular formula is C17H18BrFN2O. The van der Waals surface area contributed by atoms with Crippen LogP contribution in [0, 0.1) is 5.82 Å². The minimum Gasteiger partial charge on any atom is -0.350 e. The van der Waals surface area contributed by atoms with Gasteiger partial charge in [-0.25, -0.2) is 4.39 Å². The van der Waals surface area contributed by atoms with Crippen LogP contribution in [-0.2, 0) is 12.0 Å². The highest BCUT2D eigenvalue weighted by atomic mass is 79.9. The lowest BCUT2D eigenvalue weighted by molar-refractivity contribution is 0.0940. The first-order valence-corrected chi connectivity index (χ1v) is 8.23. The lowest BCUT2D eigenvalue weighted by Crippen LogP contribution is -2.33. The third kappa shape index (κ3) is 2.95.